The van der Waals surface area contributed by atoms with Gasteiger partial charge in [-0.25, -0.2) is 0 Å². The van der Waals surface area contributed by atoms with Crippen LogP contribution in [-0.2, 0) is 6.42 Å². The van der Waals surface area contributed by atoms with Crippen molar-refractivity contribution >= 4 is 5.91 Å². The Bertz CT molecular complexity index is 363. The number of rotatable bonds is 3. The topological polar surface area (TPSA) is 20.3 Å². The first-order valence-corrected chi connectivity index (χ1v) is 6.49. The van der Waals surface area contributed by atoms with Gasteiger partial charge < -0.3 is 4.90 Å². The second kappa shape index (κ2) is 5.85. The van der Waals surface area contributed by atoms with Crippen LogP contribution in [0.3, 0.4) is 0 Å². The maximum Gasteiger partial charge on any atom is 0.253 e. The van der Waals surface area contributed by atoms with Crippen molar-refractivity contribution in [3.05, 3.63) is 42.3 Å². The van der Waals surface area contributed by atoms with Gasteiger partial charge in [0.05, 0.1) is 0 Å². The number of nitrogens with zero attached hydrogens (tertiary/aromatic N) is 1. The normalized spacial score (nSPS) is 15.9. The number of benzene rings is 1. The highest BCUT2D eigenvalue weighted by Gasteiger charge is 2.17. The van der Waals surface area contributed by atoms with E-state index in [0.29, 0.717) is 0 Å². The lowest BCUT2D eigenvalue weighted by atomic mass is 10.1. The molecule has 0 N–H and O–H groups in total. The van der Waals surface area contributed by atoms with E-state index in [-0.39, 0.29) is 5.91 Å². The van der Waals surface area contributed by atoms with Gasteiger partial charge in [-0.1, -0.05) is 19.1 Å². The first-order chi connectivity index (χ1) is 8.31. The highest BCUT2D eigenvalue weighted by Crippen LogP contribution is 2.14. The van der Waals surface area contributed by atoms with E-state index in [2.05, 4.69) is 6.92 Å². The Morgan fingerprint density at radius 2 is 1.76 bits per heavy atom. The van der Waals surface area contributed by atoms with Crippen LogP contribution in [0.25, 0.3) is 0 Å². The Morgan fingerprint density at radius 1 is 1.12 bits per heavy atom. The van der Waals surface area contributed by atoms with Crippen molar-refractivity contribution in [2.24, 2.45) is 0 Å². The number of carbonyl (C=O) groups excluding carboxylic acids is 1. The molecule has 2 heteroatoms. The molecule has 1 aromatic rings. The molecule has 1 radical (unpaired) electrons. The molecule has 1 heterocycles. The fourth-order valence-electron chi connectivity index (χ4n) is 2.30. The molecular weight excluding hydrogens is 210 g/mol. The quantitative estimate of drug-likeness (QED) is 0.781. The standard InChI is InChI=1S/C15H20NO/c1-2-6-13-7-9-14(10-8-13)15(17)16-11-4-3-5-12-16/h7-10H,1-6,11-12H2. The number of amides is 1. The zero-order chi connectivity index (χ0) is 12.1. The predicted molar refractivity (Wildman–Crippen MR) is 69.9 cm³/mol. The van der Waals surface area contributed by atoms with Crippen LogP contribution < -0.4 is 0 Å². The summed E-state index contributed by atoms with van der Waals surface area (Å²) in [6, 6.07) is 7.98. The van der Waals surface area contributed by atoms with Gasteiger partial charge in [0, 0.05) is 18.7 Å². The van der Waals surface area contributed by atoms with Gasteiger partial charge in [0.1, 0.15) is 0 Å². The summed E-state index contributed by atoms with van der Waals surface area (Å²) in [6.45, 7) is 5.67. The zero-order valence-electron chi connectivity index (χ0n) is 10.3. The molecule has 2 nitrogen and oxygen atoms in total. The summed E-state index contributed by atoms with van der Waals surface area (Å²) in [6.07, 6.45) is 5.43. The fourth-order valence-corrected chi connectivity index (χ4v) is 2.30. The van der Waals surface area contributed by atoms with E-state index >= 15 is 0 Å². The molecule has 1 fully saturated rings. The molecule has 0 unspecified atom stereocenters. The zero-order valence-corrected chi connectivity index (χ0v) is 10.3. The summed E-state index contributed by atoms with van der Waals surface area (Å²) in [4.78, 5) is 14.2. The van der Waals surface area contributed by atoms with Crippen molar-refractivity contribution in [3.8, 4) is 0 Å². The van der Waals surface area contributed by atoms with Crippen LogP contribution >= 0.6 is 0 Å². The second-order valence-electron chi connectivity index (χ2n) is 4.65. The molecule has 1 saturated heterocycles. The molecule has 1 aliphatic heterocycles. The van der Waals surface area contributed by atoms with E-state index in [1.54, 1.807) is 0 Å². The minimum atomic E-state index is 0.186. The predicted octanol–water partition coefficient (Wildman–Crippen LogP) is 3.08. The lowest BCUT2D eigenvalue weighted by Gasteiger charge is -2.26. The van der Waals surface area contributed by atoms with Gasteiger partial charge in [-0.05, 0) is 49.8 Å². The third kappa shape index (κ3) is 3.09. The molecule has 2 rings (SSSR count). The first kappa shape index (κ1) is 12.2. The lowest BCUT2D eigenvalue weighted by molar-refractivity contribution is 0.0724. The molecule has 0 saturated carbocycles. The van der Waals surface area contributed by atoms with Gasteiger partial charge in [-0.15, -0.1) is 0 Å². The largest absolute Gasteiger partial charge is 0.339 e. The summed E-state index contributed by atoms with van der Waals surface area (Å²) < 4.78 is 0. The third-order valence-corrected chi connectivity index (χ3v) is 3.31. The summed E-state index contributed by atoms with van der Waals surface area (Å²) in [5, 5.41) is 0. The van der Waals surface area contributed by atoms with Crippen molar-refractivity contribution in [1.82, 2.24) is 4.90 Å². The molecule has 1 aromatic carbocycles. The number of carbonyl (C=O) groups is 1. The lowest BCUT2D eigenvalue weighted by Crippen LogP contribution is -2.35. The Kier molecular flexibility index (Phi) is 4.18. The summed E-state index contributed by atoms with van der Waals surface area (Å²) >= 11 is 0. The smallest absolute Gasteiger partial charge is 0.253 e. The van der Waals surface area contributed by atoms with Gasteiger partial charge in [-0.2, -0.15) is 0 Å². The fraction of sp³-hybridized carbons (Fsp3) is 0.467. The summed E-state index contributed by atoms with van der Waals surface area (Å²) in [5.41, 5.74) is 2.08. The van der Waals surface area contributed by atoms with Crippen molar-refractivity contribution < 1.29 is 4.79 Å². The number of hydrogen-bond acceptors (Lipinski definition) is 1. The van der Waals surface area contributed by atoms with E-state index in [1.165, 1.54) is 12.0 Å². The monoisotopic (exact) mass is 230 g/mol. The molecule has 0 bridgehead atoms. The maximum atomic E-state index is 12.2. The molecule has 17 heavy (non-hydrogen) atoms. The maximum absolute atomic E-state index is 12.2. The Hall–Kier alpha value is -1.31. The highest BCUT2D eigenvalue weighted by atomic mass is 16.2. The number of piperidine rings is 1. The van der Waals surface area contributed by atoms with Crippen molar-refractivity contribution in [2.45, 2.75) is 32.1 Å². The van der Waals surface area contributed by atoms with Crippen LogP contribution in [-0.4, -0.2) is 23.9 Å². The van der Waals surface area contributed by atoms with Crippen LogP contribution in [0.4, 0.5) is 0 Å². The molecule has 0 spiro atoms. The molecule has 0 aliphatic carbocycles. The number of likely N-dealkylation sites (tertiary alicyclic amines) is 1. The summed E-state index contributed by atoms with van der Waals surface area (Å²) in [5.74, 6) is 0.186. The third-order valence-electron chi connectivity index (χ3n) is 3.31. The van der Waals surface area contributed by atoms with E-state index in [1.807, 2.05) is 29.2 Å². The SMILES string of the molecule is [CH2]CCc1ccc(C(=O)N2CCCCC2)cc1. The van der Waals surface area contributed by atoms with E-state index < -0.39 is 0 Å². The van der Waals surface area contributed by atoms with Crippen LogP contribution in [0.5, 0.6) is 0 Å². The molecule has 91 valence electrons. The molecule has 1 aliphatic rings. The number of hydrogen-bond donors (Lipinski definition) is 0. The van der Waals surface area contributed by atoms with Crippen LogP contribution in [0.1, 0.15) is 41.6 Å². The van der Waals surface area contributed by atoms with Crippen LogP contribution in [0.2, 0.25) is 0 Å². The Labute approximate surface area is 104 Å². The van der Waals surface area contributed by atoms with Crippen molar-refractivity contribution in [3.63, 3.8) is 0 Å². The van der Waals surface area contributed by atoms with E-state index in [9.17, 15) is 4.79 Å². The molecular formula is C15H20NO. The van der Waals surface area contributed by atoms with E-state index in [4.69, 9.17) is 0 Å². The average Bonchev–Trinajstić information content (AvgIpc) is 2.40. The number of aryl methyl sites for hydroxylation is 1. The van der Waals surface area contributed by atoms with Gasteiger partial charge in [0.25, 0.3) is 5.91 Å². The van der Waals surface area contributed by atoms with Gasteiger partial charge >= 0.3 is 0 Å². The molecule has 1 amide bonds. The van der Waals surface area contributed by atoms with Gasteiger partial charge in [-0.3, -0.25) is 4.79 Å². The van der Waals surface area contributed by atoms with Crippen LogP contribution in [0.15, 0.2) is 24.3 Å². The summed E-state index contributed by atoms with van der Waals surface area (Å²) in [7, 11) is 0. The first-order valence-electron chi connectivity index (χ1n) is 6.49. The highest BCUT2D eigenvalue weighted by molar-refractivity contribution is 5.94. The Morgan fingerprint density at radius 3 is 2.35 bits per heavy atom. The van der Waals surface area contributed by atoms with Crippen LogP contribution in [0, 0.1) is 6.92 Å². The van der Waals surface area contributed by atoms with Crippen molar-refractivity contribution in [2.75, 3.05) is 13.1 Å². The van der Waals surface area contributed by atoms with E-state index in [0.717, 1.165) is 44.3 Å². The Balaban J connectivity index is 2.03. The molecule has 0 aromatic heterocycles. The van der Waals surface area contributed by atoms with Gasteiger partial charge in [0.2, 0.25) is 0 Å². The minimum Gasteiger partial charge on any atom is -0.339 e. The minimum absolute atomic E-state index is 0.186. The average molecular weight is 230 g/mol. The second-order valence-corrected chi connectivity index (χ2v) is 4.65. The van der Waals surface area contributed by atoms with Gasteiger partial charge in [0.15, 0.2) is 0 Å². The molecule has 0 atom stereocenters. The van der Waals surface area contributed by atoms with Crippen molar-refractivity contribution in [1.29, 1.82) is 0 Å².